The van der Waals surface area contributed by atoms with E-state index >= 15 is 0 Å². The number of hydrogen-bond donors (Lipinski definition) is 2. The maximum atomic E-state index is 4.13. The Bertz CT molecular complexity index is 199. The third-order valence-corrected chi connectivity index (χ3v) is 2.20. The first-order chi connectivity index (χ1) is 5.47. The molecule has 1 aliphatic rings. The van der Waals surface area contributed by atoms with Gasteiger partial charge in [0.2, 0.25) is 0 Å². The van der Waals surface area contributed by atoms with E-state index in [0.717, 1.165) is 18.8 Å². The standard InChI is InChI=1S/C8H12N3/c1-4-9-5-2-7(1)8-3-6-10-11-8/h6-7,9H,1-2,4-5H2,(H,10,11). The Morgan fingerprint density at radius 2 is 2.27 bits per heavy atom. The number of H-pyrrole nitrogens is 1. The van der Waals surface area contributed by atoms with Crippen LogP contribution in [0.25, 0.3) is 0 Å². The topological polar surface area (TPSA) is 40.7 Å². The van der Waals surface area contributed by atoms with Crippen LogP contribution in [-0.2, 0) is 0 Å². The molecule has 1 fully saturated rings. The Morgan fingerprint density at radius 1 is 1.45 bits per heavy atom. The highest BCUT2D eigenvalue weighted by molar-refractivity contribution is 5.04. The van der Waals surface area contributed by atoms with Crippen LogP contribution in [0.1, 0.15) is 24.5 Å². The van der Waals surface area contributed by atoms with Gasteiger partial charge in [-0.15, -0.1) is 0 Å². The van der Waals surface area contributed by atoms with Crippen LogP contribution in [0.3, 0.4) is 0 Å². The third-order valence-electron chi connectivity index (χ3n) is 2.20. The summed E-state index contributed by atoms with van der Waals surface area (Å²) in [5.74, 6) is 0.627. The van der Waals surface area contributed by atoms with Gasteiger partial charge in [-0.2, -0.15) is 5.10 Å². The fraction of sp³-hybridized carbons (Fsp3) is 0.625. The second-order valence-electron chi connectivity index (χ2n) is 2.94. The first kappa shape index (κ1) is 6.85. The summed E-state index contributed by atoms with van der Waals surface area (Å²) < 4.78 is 0. The van der Waals surface area contributed by atoms with Gasteiger partial charge in [-0.1, -0.05) is 0 Å². The van der Waals surface area contributed by atoms with E-state index in [0.29, 0.717) is 5.92 Å². The summed E-state index contributed by atoms with van der Waals surface area (Å²) in [6, 6.07) is 3.11. The SMILES string of the molecule is [c]1c[nH]nc1C1CCNCC1. The predicted molar refractivity (Wildman–Crippen MR) is 42.3 cm³/mol. The summed E-state index contributed by atoms with van der Waals surface area (Å²) >= 11 is 0. The van der Waals surface area contributed by atoms with Gasteiger partial charge in [0.15, 0.2) is 0 Å². The van der Waals surface area contributed by atoms with Gasteiger partial charge in [-0.05, 0) is 25.9 Å². The Kier molecular flexibility index (Phi) is 1.90. The molecular weight excluding hydrogens is 138 g/mol. The molecule has 1 saturated heterocycles. The van der Waals surface area contributed by atoms with Crippen LogP contribution < -0.4 is 5.32 Å². The summed E-state index contributed by atoms with van der Waals surface area (Å²) in [5.41, 5.74) is 1.10. The maximum absolute atomic E-state index is 4.13. The van der Waals surface area contributed by atoms with Crippen molar-refractivity contribution < 1.29 is 0 Å². The van der Waals surface area contributed by atoms with Crippen LogP contribution in [0.5, 0.6) is 0 Å². The van der Waals surface area contributed by atoms with Crippen LogP contribution in [-0.4, -0.2) is 23.3 Å². The summed E-state index contributed by atoms with van der Waals surface area (Å²) in [4.78, 5) is 0. The van der Waals surface area contributed by atoms with Crippen LogP contribution in [0.4, 0.5) is 0 Å². The van der Waals surface area contributed by atoms with E-state index in [4.69, 9.17) is 0 Å². The highest BCUT2D eigenvalue weighted by Crippen LogP contribution is 2.21. The lowest BCUT2D eigenvalue weighted by Gasteiger charge is -2.20. The number of aromatic nitrogens is 2. The highest BCUT2D eigenvalue weighted by atomic mass is 15.1. The molecule has 11 heavy (non-hydrogen) atoms. The number of nitrogens with zero attached hydrogens (tertiary/aromatic N) is 1. The lowest BCUT2D eigenvalue weighted by atomic mass is 9.95. The molecule has 0 atom stereocenters. The zero-order chi connectivity index (χ0) is 7.52. The second-order valence-corrected chi connectivity index (χ2v) is 2.94. The number of rotatable bonds is 1. The van der Waals surface area contributed by atoms with Crippen molar-refractivity contribution in [3.63, 3.8) is 0 Å². The van der Waals surface area contributed by atoms with Crippen molar-refractivity contribution >= 4 is 0 Å². The average Bonchev–Trinajstić information content (AvgIpc) is 2.58. The first-order valence-electron chi connectivity index (χ1n) is 4.09. The molecule has 1 aliphatic heterocycles. The van der Waals surface area contributed by atoms with E-state index < -0.39 is 0 Å². The fourth-order valence-electron chi connectivity index (χ4n) is 1.54. The van der Waals surface area contributed by atoms with Crippen molar-refractivity contribution in [3.05, 3.63) is 18.0 Å². The van der Waals surface area contributed by atoms with E-state index in [2.05, 4.69) is 21.6 Å². The quantitative estimate of drug-likeness (QED) is 0.618. The number of piperidine rings is 1. The zero-order valence-corrected chi connectivity index (χ0v) is 6.43. The van der Waals surface area contributed by atoms with Crippen LogP contribution in [0.2, 0.25) is 0 Å². The Hall–Kier alpha value is -0.830. The summed E-state index contributed by atoms with van der Waals surface area (Å²) in [6.45, 7) is 2.23. The van der Waals surface area contributed by atoms with Crippen molar-refractivity contribution in [2.45, 2.75) is 18.8 Å². The average molecular weight is 150 g/mol. The van der Waals surface area contributed by atoms with Gasteiger partial charge in [0.25, 0.3) is 0 Å². The lowest BCUT2D eigenvalue weighted by Crippen LogP contribution is -2.26. The van der Waals surface area contributed by atoms with Crippen molar-refractivity contribution in [1.82, 2.24) is 15.5 Å². The molecule has 2 N–H and O–H groups in total. The minimum Gasteiger partial charge on any atom is -0.317 e. The molecule has 0 aliphatic carbocycles. The molecule has 2 rings (SSSR count). The Balaban J connectivity index is 2.04. The fourth-order valence-corrected chi connectivity index (χ4v) is 1.54. The minimum atomic E-state index is 0.627. The maximum Gasteiger partial charge on any atom is 0.0733 e. The second kappa shape index (κ2) is 3.05. The number of nitrogens with one attached hydrogen (secondary N) is 2. The molecule has 59 valence electrons. The molecule has 3 heteroatoms. The molecular formula is C8H12N3. The zero-order valence-electron chi connectivity index (χ0n) is 6.43. The Labute approximate surface area is 66.2 Å². The molecule has 1 radical (unpaired) electrons. The van der Waals surface area contributed by atoms with Crippen molar-refractivity contribution in [2.75, 3.05) is 13.1 Å². The smallest absolute Gasteiger partial charge is 0.0733 e. The van der Waals surface area contributed by atoms with Gasteiger partial charge >= 0.3 is 0 Å². The normalized spacial score (nSPS) is 20.4. The van der Waals surface area contributed by atoms with E-state index in [-0.39, 0.29) is 0 Å². The van der Waals surface area contributed by atoms with Crippen LogP contribution >= 0.6 is 0 Å². The molecule has 0 spiro atoms. The minimum absolute atomic E-state index is 0.627. The number of aromatic amines is 1. The predicted octanol–water partition coefficient (Wildman–Crippen LogP) is 0.677. The molecule has 0 bridgehead atoms. The molecule has 3 nitrogen and oxygen atoms in total. The van der Waals surface area contributed by atoms with Gasteiger partial charge in [-0.3, -0.25) is 5.10 Å². The lowest BCUT2D eigenvalue weighted by molar-refractivity contribution is 0.452. The molecule has 0 saturated carbocycles. The summed E-state index contributed by atoms with van der Waals surface area (Å²) in [6.07, 6.45) is 4.17. The number of hydrogen-bond acceptors (Lipinski definition) is 2. The molecule has 1 aromatic rings. The third kappa shape index (κ3) is 1.43. The van der Waals surface area contributed by atoms with Gasteiger partial charge in [0, 0.05) is 18.2 Å². The van der Waals surface area contributed by atoms with Crippen molar-refractivity contribution in [1.29, 1.82) is 0 Å². The van der Waals surface area contributed by atoms with Crippen molar-refractivity contribution in [2.24, 2.45) is 0 Å². The monoisotopic (exact) mass is 150 g/mol. The van der Waals surface area contributed by atoms with E-state index in [1.54, 1.807) is 6.20 Å². The molecule has 2 heterocycles. The molecule has 0 amide bonds. The molecule has 1 aromatic heterocycles. The highest BCUT2D eigenvalue weighted by Gasteiger charge is 2.16. The molecule has 0 aromatic carbocycles. The van der Waals surface area contributed by atoms with Gasteiger partial charge in [-0.25, -0.2) is 0 Å². The van der Waals surface area contributed by atoms with Gasteiger partial charge in [0.1, 0.15) is 0 Å². The van der Waals surface area contributed by atoms with Crippen molar-refractivity contribution in [3.8, 4) is 0 Å². The van der Waals surface area contributed by atoms with Crippen LogP contribution in [0.15, 0.2) is 6.20 Å². The van der Waals surface area contributed by atoms with E-state index in [1.807, 2.05) is 0 Å². The molecule has 0 unspecified atom stereocenters. The van der Waals surface area contributed by atoms with Gasteiger partial charge in [0.05, 0.1) is 5.69 Å². The first-order valence-corrected chi connectivity index (χ1v) is 4.09. The summed E-state index contributed by atoms with van der Waals surface area (Å²) in [5, 5.41) is 10.3. The van der Waals surface area contributed by atoms with E-state index in [9.17, 15) is 0 Å². The Morgan fingerprint density at radius 3 is 2.91 bits per heavy atom. The largest absolute Gasteiger partial charge is 0.317 e. The van der Waals surface area contributed by atoms with E-state index in [1.165, 1.54) is 12.8 Å². The van der Waals surface area contributed by atoms with Crippen LogP contribution in [0, 0.1) is 6.07 Å². The summed E-state index contributed by atoms with van der Waals surface area (Å²) in [7, 11) is 0. The van der Waals surface area contributed by atoms with Gasteiger partial charge < -0.3 is 5.32 Å².